The maximum absolute atomic E-state index is 11.7. The maximum Gasteiger partial charge on any atom is 0.328 e. The summed E-state index contributed by atoms with van der Waals surface area (Å²) in [7, 11) is 1.55. The van der Waals surface area contributed by atoms with Crippen molar-refractivity contribution in [2.24, 2.45) is 0 Å². The van der Waals surface area contributed by atoms with Crippen molar-refractivity contribution in [1.82, 2.24) is 20.2 Å². The number of nitrogens with one attached hydrogen (secondary N) is 1. The highest BCUT2D eigenvalue weighted by Crippen LogP contribution is 2.18. The highest BCUT2D eigenvalue weighted by atomic mass is 16.2. The molecule has 0 aliphatic carbocycles. The van der Waals surface area contributed by atoms with Crippen molar-refractivity contribution in [2.45, 2.75) is 19.3 Å². The molecule has 2 saturated heterocycles. The third-order valence-corrected chi connectivity index (χ3v) is 3.71. The summed E-state index contributed by atoms with van der Waals surface area (Å²) in [6.07, 6.45) is 6.82. The first-order chi connectivity index (χ1) is 10.1. The molecule has 0 atom stereocenters. The minimum atomic E-state index is -0.420. The molecule has 0 aromatic carbocycles. The monoisotopic (exact) mass is 287 g/mol. The van der Waals surface area contributed by atoms with Crippen LogP contribution in [0.2, 0.25) is 0 Å². The van der Waals surface area contributed by atoms with E-state index in [1.54, 1.807) is 25.4 Å². The van der Waals surface area contributed by atoms with E-state index in [0.717, 1.165) is 25.9 Å². The minimum Gasteiger partial charge on any atom is -0.341 e. The Labute approximate surface area is 122 Å². The zero-order valence-electron chi connectivity index (χ0n) is 11.9. The number of anilines is 1. The molecule has 1 aromatic rings. The van der Waals surface area contributed by atoms with Crippen molar-refractivity contribution in [2.75, 3.05) is 25.0 Å². The van der Waals surface area contributed by atoms with E-state index < -0.39 is 11.9 Å². The Morgan fingerprint density at radius 2 is 2.00 bits per heavy atom. The first kappa shape index (κ1) is 13.5. The number of likely N-dealkylation sites (N-methyl/N-ethyl adjacent to an activating group) is 1. The standard InChI is InChI=1S/C14H17N5O2/c1-18-11(12(20)17-14(18)21)9-10-5-6-15-13(16-10)19-7-3-2-4-8-19/h5-6,9H,2-4,7-8H2,1H3,(H,17,20,21)/b11-9-. The molecular weight excluding hydrogens is 270 g/mol. The van der Waals surface area contributed by atoms with Crippen molar-refractivity contribution in [3.63, 3.8) is 0 Å². The van der Waals surface area contributed by atoms with Crippen LogP contribution in [-0.4, -0.2) is 46.9 Å². The van der Waals surface area contributed by atoms with Gasteiger partial charge in [-0.05, 0) is 31.4 Å². The second kappa shape index (κ2) is 5.51. The number of imide groups is 1. The van der Waals surface area contributed by atoms with E-state index in [0.29, 0.717) is 17.3 Å². The van der Waals surface area contributed by atoms with Crippen molar-refractivity contribution < 1.29 is 9.59 Å². The van der Waals surface area contributed by atoms with Crippen LogP contribution in [0.3, 0.4) is 0 Å². The van der Waals surface area contributed by atoms with Crippen LogP contribution < -0.4 is 10.2 Å². The van der Waals surface area contributed by atoms with Crippen LogP contribution in [-0.2, 0) is 4.79 Å². The van der Waals surface area contributed by atoms with Crippen molar-refractivity contribution in [3.05, 3.63) is 23.7 Å². The van der Waals surface area contributed by atoms with E-state index in [9.17, 15) is 9.59 Å². The molecule has 2 aliphatic rings. The minimum absolute atomic E-state index is 0.295. The highest BCUT2D eigenvalue weighted by molar-refractivity contribution is 6.13. The highest BCUT2D eigenvalue weighted by Gasteiger charge is 2.29. The van der Waals surface area contributed by atoms with Crippen LogP contribution in [0.25, 0.3) is 6.08 Å². The summed E-state index contributed by atoms with van der Waals surface area (Å²) in [5, 5.41) is 2.24. The lowest BCUT2D eigenvalue weighted by Gasteiger charge is -2.26. The fourth-order valence-corrected chi connectivity index (χ4v) is 2.50. The number of hydrogen-bond acceptors (Lipinski definition) is 5. The van der Waals surface area contributed by atoms with Gasteiger partial charge in [0.2, 0.25) is 5.95 Å². The molecule has 21 heavy (non-hydrogen) atoms. The predicted octanol–water partition coefficient (Wildman–Crippen LogP) is 0.989. The lowest BCUT2D eigenvalue weighted by atomic mass is 10.1. The summed E-state index contributed by atoms with van der Waals surface area (Å²) in [5.74, 6) is 0.275. The Morgan fingerprint density at radius 1 is 1.24 bits per heavy atom. The molecule has 110 valence electrons. The van der Waals surface area contributed by atoms with E-state index >= 15 is 0 Å². The number of amides is 3. The Balaban J connectivity index is 1.86. The van der Waals surface area contributed by atoms with Gasteiger partial charge in [0.1, 0.15) is 5.70 Å². The van der Waals surface area contributed by atoms with Gasteiger partial charge in [-0.1, -0.05) is 0 Å². The molecule has 7 heteroatoms. The average molecular weight is 287 g/mol. The maximum atomic E-state index is 11.7. The van der Waals surface area contributed by atoms with Crippen molar-refractivity contribution in [3.8, 4) is 0 Å². The third kappa shape index (κ3) is 2.72. The number of carbonyl (C=O) groups is 2. The molecule has 7 nitrogen and oxygen atoms in total. The van der Waals surface area contributed by atoms with Crippen LogP contribution in [0.5, 0.6) is 0 Å². The topological polar surface area (TPSA) is 78.4 Å². The summed E-state index contributed by atoms with van der Waals surface area (Å²) in [6.45, 7) is 1.91. The molecule has 0 unspecified atom stereocenters. The zero-order valence-corrected chi connectivity index (χ0v) is 11.9. The van der Waals surface area contributed by atoms with Gasteiger partial charge in [0.25, 0.3) is 5.91 Å². The third-order valence-electron chi connectivity index (χ3n) is 3.71. The van der Waals surface area contributed by atoms with Gasteiger partial charge in [-0.15, -0.1) is 0 Å². The first-order valence-electron chi connectivity index (χ1n) is 7.04. The van der Waals surface area contributed by atoms with Gasteiger partial charge in [-0.2, -0.15) is 0 Å². The molecule has 2 fully saturated rings. The van der Waals surface area contributed by atoms with Crippen LogP contribution in [0.15, 0.2) is 18.0 Å². The SMILES string of the molecule is CN1C(=O)NC(=O)/C1=C/c1ccnc(N2CCCCC2)n1. The largest absolute Gasteiger partial charge is 0.341 e. The molecule has 3 heterocycles. The van der Waals surface area contributed by atoms with E-state index in [1.807, 2.05) is 0 Å². The van der Waals surface area contributed by atoms with Gasteiger partial charge in [0.05, 0.1) is 5.69 Å². The molecule has 0 saturated carbocycles. The number of hydrogen-bond donors (Lipinski definition) is 1. The van der Waals surface area contributed by atoms with Crippen LogP contribution in [0.1, 0.15) is 25.0 Å². The number of nitrogens with zero attached hydrogens (tertiary/aromatic N) is 4. The Morgan fingerprint density at radius 3 is 2.67 bits per heavy atom. The summed E-state index contributed by atoms with van der Waals surface area (Å²) in [6, 6.07) is 1.31. The number of aromatic nitrogens is 2. The second-order valence-electron chi connectivity index (χ2n) is 5.18. The molecular formula is C14H17N5O2. The Kier molecular flexibility index (Phi) is 3.55. The molecule has 3 rings (SSSR count). The van der Waals surface area contributed by atoms with Gasteiger partial charge in [0, 0.05) is 26.3 Å². The molecule has 0 radical (unpaired) electrons. The van der Waals surface area contributed by atoms with Crippen LogP contribution in [0, 0.1) is 0 Å². The zero-order chi connectivity index (χ0) is 14.8. The van der Waals surface area contributed by atoms with Gasteiger partial charge >= 0.3 is 6.03 Å². The molecule has 0 bridgehead atoms. The first-order valence-corrected chi connectivity index (χ1v) is 7.04. The van der Waals surface area contributed by atoms with Gasteiger partial charge in [0.15, 0.2) is 0 Å². The number of urea groups is 1. The van der Waals surface area contributed by atoms with Crippen LogP contribution in [0.4, 0.5) is 10.7 Å². The predicted molar refractivity (Wildman–Crippen MR) is 77.4 cm³/mol. The lowest BCUT2D eigenvalue weighted by molar-refractivity contribution is -0.115. The van der Waals surface area contributed by atoms with Gasteiger partial charge < -0.3 is 4.90 Å². The molecule has 1 N–H and O–H groups in total. The fourth-order valence-electron chi connectivity index (χ4n) is 2.50. The quantitative estimate of drug-likeness (QED) is 0.648. The van der Waals surface area contributed by atoms with E-state index in [4.69, 9.17) is 0 Å². The van der Waals surface area contributed by atoms with Crippen LogP contribution >= 0.6 is 0 Å². The summed E-state index contributed by atoms with van der Waals surface area (Å²) in [4.78, 5) is 35.3. The summed E-state index contributed by atoms with van der Waals surface area (Å²) in [5.41, 5.74) is 0.917. The smallest absolute Gasteiger partial charge is 0.328 e. The normalized spacial score (nSPS) is 21.1. The number of carbonyl (C=O) groups excluding carboxylic acids is 2. The number of piperidine rings is 1. The second-order valence-corrected chi connectivity index (χ2v) is 5.18. The van der Waals surface area contributed by atoms with Crippen molar-refractivity contribution >= 4 is 24.0 Å². The summed E-state index contributed by atoms with van der Waals surface area (Å²) < 4.78 is 0. The molecule has 3 amide bonds. The average Bonchev–Trinajstić information content (AvgIpc) is 2.75. The van der Waals surface area contributed by atoms with Gasteiger partial charge in [-0.25, -0.2) is 14.8 Å². The Bertz CT molecular complexity index is 607. The Hall–Kier alpha value is -2.44. The van der Waals surface area contributed by atoms with E-state index in [1.165, 1.54) is 11.3 Å². The molecule has 2 aliphatic heterocycles. The lowest BCUT2D eigenvalue weighted by Crippen LogP contribution is -2.31. The molecule has 0 spiro atoms. The number of rotatable bonds is 2. The molecule has 1 aromatic heterocycles. The fraction of sp³-hybridized carbons (Fsp3) is 0.429. The summed E-state index contributed by atoms with van der Waals surface area (Å²) >= 11 is 0. The van der Waals surface area contributed by atoms with E-state index in [-0.39, 0.29) is 0 Å². The van der Waals surface area contributed by atoms with E-state index in [2.05, 4.69) is 20.2 Å². The van der Waals surface area contributed by atoms with Crippen molar-refractivity contribution in [1.29, 1.82) is 0 Å². The van der Waals surface area contributed by atoms with Gasteiger partial charge in [-0.3, -0.25) is 15.0 Å².